The molecular weight excluding hydrogens is 1690 g/mol. The molecule has 4 saturated carbocycles. The predicted octanol–water partition coefficient (Wildman–Crippen LogP) is -8.55. The summed E-state index contributed by atoms with van der Waals surface area (Å²) in [7, 11) is 0. The molecule has 14 aliphatic rings. The average molecular weight is 1820 g/mol. The van der Waals surface area contributed by atoms with Gasteiger partial charge in [-0.15, -0.1) is 0 Å². The zero-order valence-electron chi connectivity index (χ0n) is 71.7. The van der Waals surface area contributed by atoms with E-state index in [0.29, 0.717) is 38.5 Å². The zero-order valence-corrected chi connectivity index (χ0v) is 71.7. The minimum atomic E-state index is -2.34. The number of esters is 2. The van der Waals surface area contributed by atoms with Crippen LogP contribution in [0.1, 0.15) is 127 Å². The fourth-order valence-corrected chi connectivity index (χ4v) is 23.0. The van der Waals surface area contributed by atoms with Crippen LogP contribution < -0.4 is 0 Å². The second-order valence-electron chi connectivity index (χ2n) is 39.0. The van der Waals surface area contributed by atoms with Gasteiger partial charge in [0.05, 0.1) is 82.2 Å². The third kappa shape index (κ3) is 17.5. The molecule has 44 nitrogen and oxygen atoms in total. The maximum atomic E-state index is 16.6. The highest BCUT2D eigenvalue weighted by atomic mass is 16.8. The molecule has 0 amide bonds. The van der Waals surface area contributed by atoms with Gasteiger partial charge in [0, 0.05) is 6.92 Å². The SMILES string of the molecule is CC(=O)O[C@H]1C(C)O[C@@H](OC(=O)[C@]23CCC(C)(C)CC2C2=CCC4C5(C)CC[C@H](O[C@@H]6OC[C@@H](O)[C@H](O[C@@H]7OC[C@@H](O)[C@H](O)C7O)C6O[C@@H]6OC(CO)[C@H](O)[C@H](O)C6O)[C@](C)(C=O)[C@@H]5CC[C@]4(C)[C@]2(C)CC3O)[C@H](O[C@@H]2OC(C)C(O[C@@H]3OC[C@@H](O)C(O[C@@H]4OC[C@@](O)(CO)C4O)[C@H]3O)C(O[C@@H]3OC(CO)C(O)C(O)C3O)[C@@H]2O)C1O[C@@H]1OC(C)[C@H](O)[C@H](O)C1O. The summed E-state index contributed by atoms with van der Waals surface area (Å²) in [4.78, 5) is 44.4. The van der Waals surface area contributed by atoms with Crippen molar-refractivity contribution in [1.29, 1.82) is 0 Å². The smallest absolute Gasteiger partial charge is 0.317 e. The van der Waals surface area contributed by atoms with E-state index in [1.807, 2.05) is 13.8 Å². The van der Waals surface area contributed by atoms with Crippen molar-refractivity contribution in [1.82, 2.24) is 0 Å². The molecule has 722 valence electrons. The lowest BCUT2D eigenvalue weighted by atomic mass is 9.33. The number of allylic oxidation sites excluding steroid dienone is 2. The Labute approximate surface area is 725 Å². The lowest BCUT2D eigenvalue weighted by molar-refractivity contribution is -0.404. The van der Waals surface area contributed by atoms with Gasteiger partial charge in [0.15, 0.2) is 62.5 Å². The van der Waals surface area contributed by atoms with Gasteiger partial charge in [-0.25, -0.2) is 0 Å². The van der Waals surface area contributed by atoms with E-state index in [9.17, 15) is 122 Å². The average Bonchev–Trinajstić information content (AvgIpc) is 0.781. The van der Waals surface area contributed by atoms with Gasteiger partial charge in [-0.2, -0.15) is 0 Å². The molecule has 0 radical (unpaired) electrons. The third-order valence-electron chi connectivity index (χ3n) is 30.7. The van der Waals surface area contributed by atoms with Gasteiger partial charge < -0.3 is 207 Å². The van der Waals surface area contributed by atoms with Gasteiger partial charge in [0.1, 0.15) is 170 Å². The second kappa shape index (κ2) is 37.8. The topological polar surface area (TPSA) is 672 Å². The molecule has 0 spiro atoms. The molecule has 0 aromatic heterocycles. The van der Waals surface area contributed by atoms with Crippen LogP contribution in [0.25, 0.3) is 0 Å². The van der Waals surface area contributed by atoms with Crippen molar-refractivity contribution in [2.45, 2.75) is 385 Å². The Morgan fingerprint density at radius 3 is 1.53 bits per heavy atom. The number of carbonyl (C=O) groups excluding carboxylic acids is 3. The number of aldehydes is 1. The first-order valence-electron chi connectivity index (χ1n) is 43.5. The number of carbonyl (C=O) groups is 3. The van der Waals surface area contributed by atoms with E-state index in [2.05, 4.69) is 26.8 Å². The van der Waals surface area contributed by atoms with Crippen LogP contribution in [0.15, 0.2) is 11.6 Å². The minimum Gasteiger partial charge on any atom is -0.457 e. The molecule has 0 aromatic carbocycles. The number of fused-ring (bicyclic) bond motifs is 7. The molecule has 5 aliphatic carbocycles. The Balaban J connectivity index is 0.772. The van der Waals surface area contributed by atoms with Crippen LogP contribution in [0.2, 0.25) is 0 Å². The highest BCUT2D eigenvalue weighted by Crippen LogP contribution is 2.76. The Morgan fingerprint density at radius 2 is 0.937 bits per heavy atom. The van der Waals surface area contributed by atoms with Gasteiger partial charge in [-0.05, 0) is 118 Å². The molecule has 44 heteroatoms. The van der Waals surface area contributed by atoms with Crippen molar-refractivity contribution >= 4 is 18.2 Å². The minimum absolute atomic E-state index is 0.00455. The van der Waals surface area contributed by atoms with E-state index < -0.39 is 360 Å². The van der Waals surface area contributed by atoms with Crippen molar-refractivity contribution in [2.75, 3.05) is 46.2 Å². The predicted molar refractivity (Wildman–Crippen MR) is 409 cm³/mol. The van der Waals surface area contributed by atoms with Crippen molar-refractivity contribution in [2.24, 2.45) is 50.2 Å². The summed E-state index contributed by atoms with van der Waals surface area (Å²) >= 11 is 0. The summed E-state index contributed by atoms with van der Waals surface area (Å²) in [5.74, 6) is -3.51. The van der Waals surface area contributed by atoms with E-state index in [1.165, 1.54) is 20.8 Å². The summed E-state index contributed by atoms with van der Waals surface area (Å²) in [6.07, 6.45) is -69.0. The largest absolute Gasteiger partial charge is 0.457 e. The van der Waals surface area contributed by atoms with Gasteiger partial charge >= 0.3 is 11.9 Å². The molecule has 14 rings (SSSR count). The lowest BCUT2D eigenvalue weighted by Crippen LogP contribution is -2.69. The highest BCUT2D eigenvalue weighted by molar-refractivity contribution is 5.80. The van der Waals surface area contributed by atoms with Crippen molar-refractivity contribution in [3.63, 3.8) is 0 Å². The zero-order chi connectivity index (χ0) is 91.8. The summed E-state index contributed by atoms with van der Waals surface area (Å²) in [5.41, 5.74) is -7.45. The molecule has 9 heterocycles. The van der Waals surface area contributed by atoms with Crippen LogP contribution in [0.5, 0.6) is 0 Å². The summed E-state index contributed by atoms with van der Waals surface area (Å²) in [6.45, 7) is 12.2. The van der Waals surface area contributed by atoms with Crippen LogP contribution in [0.4, 0.5) is 0 Å². The number of hydrogen-bond donors (Lipinski definition) is 22. The second-order valence-corrected chi connectivity index (χ2v) is 39.0. The number of aliphatic hydroxyl groups excluding tert-OH is 21. The van der Waals surface area contributed by atoms with Crippen LogP contribution >= 0.6 is 0 Å². The Hall–Kier alpha value is -3.21. The summed E-state index contributed by atoms with van der Waals surface area (Å²) in [6, 6.07) is 0. The standard InChI is InChI=1S/C82H130O44/c1-29-44(92)48(96)52(100)68(112-29)123-62-58(115-32(4)87)31(3)114-73(64(62)125-71-56(104)61(122-69-53(101)49(97)46(94)38(21-83)116-69)57(30(2)113-71)119-67-55(103)59(36(89)24-109-67)120-74-65(105)81(107,27-86)28-111-74)126-75(106)82-18-17-76(5,6)19-34(82)33-11-12-41-77(7)15-14-43(78(8,26-85)40(77)13-16-79(41,9)80(33,10)20-42(82)91)118-72-63(124-70-54(102)50(98)47(95)39(22-84)117-70)60(37(90)25-110-72)121-66-51(99)45(93)35(88)23-108-66/h11,26,29-31,34-74,83-84,86,88-105,107H,12-25,27-28H2,1-10H3/t29?,30?,31?,34?,35-,36-,37-,38?,39?,40-,41?,42?,43+,44+,45+,46?,47+,48+,49?,50+,51?,52?,53?,54?,55-,56+,57?,58+,59?,60+,61?,62?,63?,64-,65?,66+,67+,68+,69+,70+,71+,72+,73+,74+,77?,78-,79+,80-,81+,82-/m1/s1. The first-order valence-corrected chi connectivity index (χ1v) is 43.5. The van der Waals surface area contributed by atoms with Crippen LogP contribution in [0.3, 0.4) is 0 Å². The molecule has 50 atom stereocenters. The van der Waals surface area contributed by atoms with Crippen molar-refractivity contribution < 1.29 is 217 Å². The van der Waals surface area contributed by atoms with Crippen molar-refractivity contribution in [3.8, 4) is 0 Å². The number of hydrogen-bond acceptors (Lipinski definition) is 44. The van der Waals surface area contributed by atoms with Gasteiger partial charge in [0.25, 0.3) is 0 Å². The molecule has 0 aromatic rings. The molecule has 21 unspecified atom stereocenters. The van der Waals surface area contributed by atoms with Crippen LogP contribution in [-0.2, 0) is 104 Å². The fourth-order valence-electron chi connectivity index (χ4n) is 23.0. The highest BCUT2D eigenvalue weighted by Gasteiger charge is 2.74. The molecule has 9 saturated heterocycles. The van der Waals surface area contributed by atoms with E-state index in [-0.39, 0.29) is 25.2 Å². The number of aliphatic hydroxyl groups is 22. The Kier molecular flexibility index (Phi) is 29.6. The normalized spacial score (nSPS) is 54.6. The molecule has 13 fully saturated rings. The van der Waals surface area contributed by atoms with Crippen LogP contribution in [0, 0.1) is 50.2 Å². The maximum Gasteiger partial charge on any atom is 0.317 e. The Bertz CT molecular complexity index is 3740. The molecule has 22 N–H and O–H groups in total. The Morgan fingerprint density at radius 1 is 0.444 bits per heavy atom. The molecule has 0 bridgehead atoms. The van der Waals surface area contributed by atoms with E-state index in [4.69, 9.17) is 90.0 Å². The first-order chi connectivity index (χ1) is 59.2. The number of rotatable bonds is 23. The van der Waals surface area contributed by atoms with Crippen LogP contribution in [-0.4, -0.2) is 434 Å². The van der Waals surface area contributed by atoms with E-state index in [0.717, 1.165) is 18.8 Å². The number of ether oxygens (including phenoxy) is 19. The van der Waals surface area contributed by atoms with E-state index >= 15 is 4.79 Å². The fraction of sp³-hybridized carbons (Fsp3) is 0.939. The van der Waals surface area contributed by atoms with E-state index in [1.54, 1.807) is 6.92 Å². The third-order valence-corrected chi connectivity index (χ3v) is 30.7. The van der Waals surface area contributed by atoms with Gasteiger partial charge in [0.2, 0.25) is 6.29 Å². The quantitative estimate of drug-likeness (QED) is 0.0195. The van der Waals surface area contributed by atoms with Gasteiger partial charge in [-0.1, -0.05) is 53.2 Å². The summed E-state index contributed by atoms with van der Waals surface area (Å²) in [5, 5.41) is 246. The van der Waals surface area contributed by atoms with Gasteiger partial charge in [-0.3, -0.25) is 9.59 Å². The van der Waals surface area contributed by atoms with Crippen molar-refractivity contribution in [3.05, 3.63) is 11.6 Å². The molecule has 9 aliphatic heterocycles. The maximum absolute atomic E-state index is 16.6. The lowest BCUT2D eigenvalue weighted by Gasteiger charge is -2.71. The molecular formula is C82H130O44. The summed E-state index contributed by atoms with van der Waals surface area (Å²) < 4.78 is 117. The monoisotopic (exact) mass is 1820 g/mol. The first kappa shape index (κ1) is 98.8. The molecule has 126 heavy (non-hydrogen) atoms.